The van der Waals surface area contributed by atoms with Crippen molar-refractivity contribution < 1.29 is 0 Å². The third kappa shape index (κ3) is 4.97. The van der Waals surface area contributed by atoms with E-state index in [9.17, 15) is 0 Å². The Morgan fingerprint density at radius 1 is 1.37 bits per heavy atom. The van der Waals surface area contributed by atoms with Crippen molar-refractivity contribution in [3.63, 3.8) is 0 Å². The van der Waals surface area contributed by atoms with Crippen molar-refractivity contribution in [3.05, 3.63) is 45.9 Å². The highest BCUT2D eigenvalue weighted by molar-refractivity contribution is 7.98. The second-order valence-electron chi connectivity index (χ2n) is 4.50. The van der Waals surface area contributed by atoms with E-state index in [0.29, 0.717) is 0 Å². The number of nitrogens with zero attached hydrogens (tertiary/aromatic N) is 1. The van der Waals surface area contributed by atoms with Crippen molar-refractivity contribution in [2.45, 2.75) is 37.5 Å². The molecule has 2 aromatic rings. The summed E-state index contributed by atoms with van der Waals surface area (Å²) < 4.78 is 0. The molecule has 0 fully saturated rings. The summed E-state index contributed by atoms with van der Waals surface area (Å²) in [7, 11) is 0. The highest BCUT2D eigenvalue weighted by Gasteiger charge is 2.01. The van der Waals surface area contributed by atoms with Crippen LogP contribution in [0.25, 0.3) is 0 Å². The quantitative estimate of drug-likeness (QED) is 0.610. The Morgan fingerprint density at radius 2 is 2.26 bits per heavy atom. The lowest BCUT2D eigenvalue weighted by molar-refractivity contribution is 0.674. The van der Waals surface area contributed by atoms with Gasteiger partial charge < -0.3 is 5.32 Å². The van der Waals surface area contributed by atoms with Gasteiger partial charge in [0.25, 0.3) is 0 Å². The molecular weight excluding hydrogens is 272 g/mol. The molecule has 0 aliphatic rings. The van der Waals surface area contributed by atoms with Gasteiger partial charge >= 0.3 is 0 Å². The minimum absolute atomic E-state index is 0.957. The average molecular weight is 292 g/mol. The Balaban J connectivity index is 1.87. The molecule has 0 aliphatic carbocycles. The molecule has 0 bridgehead atoms. The van der Waals surface area contributed by atoms with Crippen molar-refractivity contribution >= 4 is 23.1 Å². The zero-order valence-electron chi connectivity index (χ0n) is 11.5. The molecule has 0 aliphatic heterocycles. The van der Waals surface area contributed by atoms with E-state index in [0.717, 1.165) is 24.5 Å². The van der Waals surface area contributed by atoms with Gasteiger partial charge in [0.2, 0.25) is 0 Å². The van der Waals surface area contributed by atoms with Crippen LogP contribution in [-0.4, -0.2) is 11.5 Å². The zero-order valence-corrected chi connectivity index (χ0v) is 13.1. The predicted octanol–water partition coefficient (Wildman–Crippen LogP) is 4.24. The van der Waals surface area contributed by atoms with Gasteiger partial charge in [-0.2, -0.15) is 0 Å². The van der Waals surface area contributed by atoms with Crippen molar-refractivity contribution in [2.24, 2.45) is 0 Å². The van der Waals surface area contributed by atoms with Crippen LogP contribution in [-0.2, 0) is 12.3 Å². The van der Waals surface area contributed by atoms with E-state index < -0.39 is 0 Å². The number of rotatable bonds is 7. The fourth-order valence-corrected chi connectivity index (χ4v) is 3.54. The van der Waals surface area contributed by atoms with E-state index in [2.05, 4.69) is 46.9 Å². The van der Waals surface area contributed by atoms with Gasteiger partial charge in [0.05, 0.1) is 5.75 Å². The largest absolute Gasteiger partial charge is 0.313 e. The minimum atomic E-state index is 0.957. The van der Waals surface area contributed by atoms with Gasteiger partial charge in [0.15, 0.2) is 0 Å². The SMILES string of the molecule is CCCNCc1cccc(SCc2nc(C)cs2)c1. The molecule has 1 aromatic carbocycles. The molecule has 1 N–H and O–H groups in total. The van der Waals surface area contributed by atoms with Gasteiger partial charge in [0, 0.05) is 22.5 Å². The molecule has 0 saturated carbocycles. The van der Waals surface area contributed by atoms with E-state index in [1.54, 1.807) is 11.3 Å². The number of hydrogen-bond acceptors (Lipinski definition) is 4. The van der Waals surface area contributed by atoms with E-state index >= 15 is 0 Å². The predicted molar refractivity (Wildman–Crippen MR) is 84.9 cm³/mol. The fraction of sp³-hybridized carbons (Fsp3) is 0.400. The first-order chi connectivity index (χ1) is 9.28. The van der Waals surface area contributed by atoms with Crippen LogP contribution in [0.1, 0.15) is 29.6 Å². The minimum Gasteiger partial charge on any atom is -0.313 e. The Kier molecular flexibility index (Phi) is 5.89. The van der Waals surface area contributed by atoms with Gasteiger partial charge in [-0.1, -0.05) is 19.1 Å². The van der Waals surface area contributed by atoms with E-state index in [1.807, 2.05) is 18.7 Å². The summed E-state index contributed by atoms with van der Waals surface area (Å²) in [6.45, 7) is 6.27. The van der Waals surface area contributed by atoms with Crippen LogP contribution < -0.4 is 5.32 Å². The van der Waals surface area contributed by atoms with Crippen LogP contribution in [0, 0.1) is 6.92 Å². The molecule has 4 heteroatoms. The number of hydrogen-bond donors (Lipinski definition) is 1. The molecule has 19 heavy (non-hydrogen) atoms. The summed E-state index contributed by atoms with van der Waals surface area (Å²) in [5, 5.41) is 6.75. The smallest absolute Gasteiger partial charge is 0.103 e. The summed E-state index contributed by atoms with van der Waals surface area (Å²) in [5.41, 5.74) is 2.48. The monoisotopic (exact) mass is 292 g/mol. The standard InChI is InChI=1S/C15H20N2S2/c1-3-7-16-9-13-5-4-6-14(8-13)18-11-15-17-12(2)10-19-15/h4-6,8,10,16H,3,7,9,11H2,1-2H3. The Labute approximate surface area is 123 Å². The van der Waals surface area contributed by atoms with E-state index in [4.69, 9.17) is 0 Å². The van der Waals surface area contributed by atoms with Gasteiger partial charge in [0.1, 0.15) is 5.01 Å². The van der Waals surface area contributed by atoms with Crippen LogP contribution in [0.3, 0.4) is 0 Å². The van der Waals surface area contributed by atoms with Crippen molar-refractivity contribution in [3.8, 4) is 0 Å². The maximum absolute atomic E-state index is 4.49. The number of nitrogens with one attached hydrogen (secondary N) is 1. The van der Waals surface area contributed by atoms with E-state index in [-0.39, 0.29) is 0 Å². The second kappa shape index (κ2) is 7.68. The molecular formula is C15H20N2S2. The van der Waals surface area contributed by atoms with Crippen LogP contribution >= 0.6 is 23.1 Å². The number of thiazole rings is 1. The van der Waals surface area contributed by atoms with Crippen molar-refractivity contribution in [2.75, 3.05) is 6.54 Å². The van der Waals surface area contributed by atoms with Crippen LogP contribution in [0.15, 0.2) is 34.5 Å². The normalized spacial score (nSPS) is 10.8. The van der Waals surface area contributed by atoms with Gasteiger partial charge in [-0.3, -0.25) is 0 Å². The fourth-order valence-electron chi connectivity index (χ4n) is 1.77. The Morgan fingerprint density at radius 3 is 3.00 bits per heavy atom. The molecule has 1 heterocycles. The Hall–Kier alpha value is -0.840. The van der Waals surface area contributed by atoms with Crippen LogP contribution in [0.4, 0.5) is 0 Å². The van der Waals surface area contributed by atoms with E-state index in [1.165, 1.54) is 21.9 Å². The molecule has 0 atom stereocenters. The third-order valence-electron chi connectivity index (χ3n) is 2.68. The maximum atomic E-state index is 4.49. The lowest BCUT2D eigenvalue weighted by atomic mass is 10.2. The van der Waals surface area contributed by atoms with Crippen LogP contribution in [0.5, 0.6) is 0 Å². The number of benzene rings is 1. The van der Waals surface area contributed by atoms with Gasteiger partial charge in [-0.05, 0) is 37.6 Å². The highest BCUT2D eigenvalue weighted by atomic mass is 32.2. The molecule has 1 aromatic heterocycles. The number of aromatic nitrogens is 1. The van der Waals surface area contributed by atoms with Crippen LogP contribution in [0.2, 0.25) is 0 Å². The molecule has 2 rings (SSSR count). The molecule has 0 amide bonds. The molecule has 0 saturated heterocycles. The summed E-state index contributed by atoms with van der Waals surface area (Å²) in [6, 6.07) is 8.76. The Bertz CT molecular complexity index is 508. The van der Waals surface area contributed by atoms with Crippen molar-refractivity contribution in [1.82, 2.24) is 10.3 Å². The molecule has 0 unspecified atom stereocenters. The van der Waals surface area contributed by atoms with Gasteiger partial charge in [-0.15, -0.1) is 23.1 Å². The first kappa shape index (κ1) is 14.6. The highest BCUT2D eigenvalue weighted by Crippen LogP contribution is 2.25. The molecule has 0 spiro atoms. The summed E-state index contributed by atoms with van der Waals surface area (Å²) >= 11 is 3.61. The lowest BCUT2D eigenvalue weighted by Crippen LogP contribution is -2.13. The summed E-state index contributed by atoms with van der Waals surface area (Å²) in [5.74, 6) is 0.963. The number of aryl methyl sites for hydroxylation is 1. The zero-order chi connectivity index (χ0) is 13.5. The second-order valence-corrected chi connectivity index (χ2v) is 6.49. The average Bonchev–Trinajstić information content (AvgIpc) is 2.83. The lowest BCUT2D eigenvalue weighted by Gasteiger charge is -2.05. The molecule has 102 valence electrons. The summed E-state index contributed by atoms with van der Waals surface area (Å²) in [4.78, 5) is 5.82. The first-order valence-corrected chi connectivity index (χ1v) is 8.48. The number of thioether (sulfide) groups is 1. The molecule has 0 radical (unpaired) electrons. The third-order valence-corrected chi connectivity index (χ3v) is 4.84. The topological polar surface area (TPSA) is 24.9 Å². The van der Waals surface area contributed by atoms with Gasteiger partial charge in [-0.25, -0.2) is 4.98 Å². The molecule has 2 nitrogen and oxygen atoms in total. The summed E-state index contributed by atoms with van der Waals surface area (Å²) in [6.07, 6.45) is 1.18. The first-order valence-electron chi connectivity index (χ1n) is 6.61. The maximum Gasteiger partial charge on any atom is 0.103 e. The van der Waals surface area contributed by atoms with Crippen molar-refractivity contribution in [1.29, 1.82) is 0 Å².